The van der Waals surface area contributed by atoms with Gasteiger partial charge in [-0.3, -0.25) is 4.79 Å². The predicted molar refractivity (Wildman–Crippen MR) is 104 cm³/mol. The molecule has 0 aromatic heterocycles. The predicted octanol–water partition coefficient (Wildman–Crippen LogP) is 5.33. The highest BCUT2D eigenvalue weighted by atomic mass is 16.5. The van der Waals surface area contributed by atoms with E-state index in [4.69, 9.17) is 0 Å². The Morgan fingerprint density at radius 3 is 2.15 bits per heavy atom. The Kier molecular flexibility index (Phi) is 8.72. The summed E-state index contributed by atoms with van der Waals surface area (Å²) >= 11 is 0. The van der Waals surface area contributed by atoms with E-state index < -0.39 is 0 Å². The van der Waals surface area contributed by atoms with Gasteiger partial charge in [-0.25, -0.2) is 0 Å². The van der Waals surface area contributed by atoms with Crippen LogP contribution in [0.5, 0.6) is 0 Å². The fourth-order valence-corrected chi connectivity index (χ4v) is 3.05. The van der Waals surface area contributed by atoms with Crippen LogP contribution in [0.4, 0.5) is 0 Å². The van der Waals surface area contributed by atoms with E-state index in [1.54, 1.807) is 0 Å². The first kappa shape index (κ1) is 19.5. The molecule has 3 heteroatoms. The van der Waals surface area contributed by atoms with Gasteiger partial charge < -0.3 is 4.74 Å². The average Bonchev–Trinajstić information content (AvgIpc) is 2.72. The number of hydrogen-bond donors (Lipinski definition) is 0. The van der Waals surface area contributed by atoms with Crippen LogP contribution in [0.1, 0.15) is 43.2 Å². The number of allylic oxidation sites excluding steroid dienone is 2. The van der Waals surface area contributed by atoms with Gasteiger partial charge in [0.05, 0.1) is 18.2 Å². The third kappa shape index (κ3) is 6.57. The van der Waals surface area contributed by atoms with Gasteiger partial charge in [0, 0.05) is 6.42 Å². The minimum Gasteiger partial charge on any atom is -0.468 e. The summed E-state index contributed by atoms with van der Waals surface area (Å²) in [4.78, 5) is 9.77. The Morgan fingerprint density at radius 2 is 1.58 bits per heavy atom. The molecule has 1 aliphatic rings. The van der Waals surface area contributed by atoms with Crippen molar-refractivity contribution in [3.8, 4) is 6.07 Å². The summed E-state index contributed by atoms with van der Waals surface area (Å²) in [6, 6.07) is 22.3. The molecular weight excluding hydrogens is 322 g/mol. The first-order chi connectivity index (χ1) is 12.8. The van der Waals surface area contributed by atoms with E-state index >= 15 is 0 Å². The molecule has 0 saturated heterocycles. The second-order valence-electron chi connectivity index (χ2n) is 6.22. The summed E-state index contributed by atoms with van der Waals surface area (Å²) in [7, 11) is 0. The van der Waals surface area contributed by atoms with E-state index in [0.717, 1.165) is 30.4 Å². The molecule has 0 bridgehead atoms. The number of rotatable bonds is 5. The first-order valence-electron chi connectivity index (χ1n) is 9.12. The normalized spacial score (nSPS) is 13.0. The van der Waals surface area contributed by atoms with Crippen molar-refractivity contribution in [3.63, 3.8) is 0 Å². The van der Waals surface area contributed by atoms with E-state index in [-0.39, 0.29) is 0 Å². The van der Waals surface area contributed by atoms with Crippen LogP contribution < -0.4 is 0 Å². The van der Waals surface area contributed by atoms with Gasteiger partial charge in [0.1, 0.15) is 0 Å². The van der Waals surface area contributed by atoms with Gasteiger partial charge >= 0.3 is 0 Å². The van der Waals surface area contributed by atoms with Crippen LogP contribution in [0.25, 0.3) is 5.57 Å². The van der Waals surface area contributed by atoms with Crippen molar-refractivity contribution >= 4 is 12.0 Å². The molecule has 0 unspecified atom stereocenters. The molecule has 0 atom stereocenters. The molecule has 2 aromatic rings. The van der Waals surface area contributed by atoms with Gasteiger partial charge in [0.2, 0.25) is 0 Å². The minimum atomic E-state index is 0.466. The monoisotopic (exact) mass is 347 g/mol. The van der Waals surface area contributed by atoms with Gasteiger partial charge in [-0.2, -0.15) is 5.26 Å². The zero-order chi connectivity index (χ0) is 18.5. The lowest BCUT2D eigenvalue weighted by atomic mass is 9.89. The average molecular weight is 347 g/mol. The molecule has 1 fully saturated rings. The van der Waals surface area contributed by atoms with Crippen LogP contribution in [0.3, 0.4) is 0 Å². The van der Waals surface area contributed by atoms with Crippen molar-refractivity contribution in [2.75, 3.05) is 6.61 Å². The summed E-state index contributed by atoms with van der Waals surface area (Å²) in [6.45, 7) is 0.941. The lowest BCUT2D eigenvalue weighted by Crippen LogP contribution is -1.97. The van der Waals surface area contributed by atoms with Crippen LogP contribution >= 0.6 is 0 Å². The standard InChI is InChI=1S/C14H15N.C9H10O2/c15-11-14(12-7-3-1-4-8-12)13-9-5-2-6-10-13;10-8-11-7-6-9-4-2-1-3-5-9/h1,3-4,7-8H,2,5-6,9-10H2;1-5,8H,6-7H2. The van der Waals surface area contributed by atoms with E-state index in [1.165, 1.54) is 30.4 Å². The van der Waals surface area contributed by atoms with Crippen molar-refractivity contribution in [3.05, 3.63) is 77.4 Å². The van der Waals surface area contributed by atoms with Gasteiger partial charge in [-0.1, -0.05) is 72.7 Å². The molecule has 3 rings (SSSR count). The smallest absolute Gasteiger partial charge is 0.293 e. The highest BCUT2D eigenvalue weighted by molar-refractivity contribution is 5.79. The van der Waals surface area contributed by atoms with Crippen molar-refractivity contribution < 1.29 is 9.53 Å². The maximum Gasteiger partial charge on any atom is 0.293 e. The molecular formula is C23H25NO2. The van der Waals surface area contributed by atoms with Gasteiger partial charge in [-0.05, 0) is 36.8 Å². The van der Waals surface area contributed by atoms with Crippen LogP contribution in [0.2, 0.25) is 0 Å². The second-order valence-corrected chi connectivity index (χ2v) is 6.22. The summed E-state index contributed by atoms with van der Waals surface area (Å²) in [5.74, 6) is 0. The quantitative estimate of drug-likeness (QED) is 0.417. The Morgan fingerprint density at radius 1 is 0.962 bits per heavy atom. The highest BCUT2D eigenvalue weighted by Gasteiger charge is 2.12. The number of carbonyl (C=O) groups is 1. The SMILES string of the molecule is N#CC(=C1CCCCC1)c1ccccc1.O=COCCc1ccccc1. The second kappa shape index (κ2) is 11.7. The summed E-state index contributed by atoms with van der Waals surface area (Å²) in [5.41, 5.74) is 4.54. The van der Waals surface area contributed by atoms with Crippen LogP contribution in [0.15, 0.2) is 66.2 Å². The Bertz CT molecular complexity index is 722. The molecule has 0 aliphatic heterocycles. The Labute approximate surface area is 155 Å². The molecule has 0 N–H and O–H groups in total. The van der Waals surface area contributed by atoms with Crippen LogP contribution in [-0.2, 0) is 16.0 Å². The van der Waals surface area contributed by atoms with Gasteiger partial charge in [0.25, 0.3) is 6.47 Å². The zero-order valence-corrected chi connectivity index (χ0v) is 15.1. The molecule has 2 aromatic carbocycles. The zero-order valence-electron chi connectivity index (χ0n) is 15.1. The number of benzene rings is 2. The first-order valence-corrected chi connectivity index (χ1v) is 9.12. The molecule has 0 heterocycles. The van der Waals surface area contributed by atoms with Crippen molar-refractivity contribution in [2.45, 2.75) is 38.5 Å². The number of nitriles is 1. The number of nitrogens with zero attached hydrogens (tertiary/aromatic N) is 1. The van der Waals surface area contributed by atoms with Gasteiger partial charge in [-0.15, -0.1) is 0 Å². The number of ether oxygens (including phenoxy) is 1. The summed E-state index contributed by atoms with van der Waals surface area (Å²) in [5, 5.41) is 9.22. The lowest BCUT2D eigenvalue weighted by Gasteiger charge is -2.15. The van der Waals surface area contributed by atoms with Crippen molar-refractivity contribution in [1.82, 2.24) is 0 Å². The molecule has 1 aliphatic carbocycles. The number of hydrogen-bond acceptors (Lipinski definition) is 3. The summed E-state index contributed by atoms with van der Waals surface area (Å²) in [6.07, 6.45) is 6.81. The fourth-order valence-electron chi connectivity index (χ4n) is 3.05. The van der Waals surface area contributed by atoms with E-state index in [1.807, 2.05) is 60.7 Å². The molecule has 1 saturated carbocycles. The van der Waals surface area contributed by atoms with Crippen LogP contribution in [0, 0.1) is 11.3 Å². The Hall–Kier alpha value is -2.86. The van der Waals surface area contributed by atoms with Crippen molar-refractivity contribution in [1.29, 1.82) is 5.26 Å². The topological polar surface area (TPSA) is 50.1 Å². The molecule has 0 spiro atoms. The maximum absolute atomic E-state index is 9.77. The lowest BCUT2D eigenvalue weighted by molar-refractivity contribution is -0.128. The third-order valence-corrected chi connectivity index (χ3v) is 4.40. The van der Waals surface area contributed by atoms with E-state index in [2.05, 4.69) is 10.8 Å². The molecule has 0 radical (unpaired) electrons. The van der Waals surface area contributed by atoms with Crippen molar-refractivity contribution in [2.24, 2.45) is 0 Å². The largest absolute Gasteiger partial charge is 0.468 e. The highest BCUT2D eigenvalue weighted by Crippen LogP contribution is 2.29. The van der Waals surface area contributed by atoms with E-state index in [0.29, 0.717) is 13.1 Å². The fraction of sp³-hybridized carbons (Fsp3) is 0.304. The molecule has 3 nitrogen and oxygen atoms in total. The molecule has 0 amide bonds. The Balaban J connectivity index is 0.000000197. The molecule has 26 heavy (non-hydrogen) atoms. The third-order valence-electron chi connectivity index (χ3n) is 4.40. The van der Waals surface area contributed by atoms with Gasteiger partial charge in [0.15, 0.2) is 0 Å². The van der Waals surface area contributed by atoms with Crippen LogP contribution in [-0.4, -0.2) is 13.1 Å². The number of carbonyl (C=O) groups excluding carboxylic acids is 1. The van der Waals surface area contributed by atoms with E-state index in [9.17, 15) is 10.1 Å². The minimum absolute atomic E-state index is 0.466. The molecule has 134 valence electrons. The summed E-state index contributed by atoms with van der Waals surface area (Å²) < 4.78 is 4.56. The maximum atomic E-state index is 9.77.